The molecule has 128 valence electrons. The first-order valence-electron chi connectivity index (χ1n) is 7.92. The van der Waals surface area contributed by atoms with Crippen molar-refractivity contribution in [3.63, 3.8) is 0 Å². The molecule has 0 heterocycles. The Bertz CT molecular complexity index is 657. The predicted molar refractivity (Wildman–Crippen MR) is 93.5 cm³/mol. The van der Waals surface area contributed by atoms with Gasteiger partial charge in [0, 0.05) is 25.8 Å². The van der Waals surface area contributed by atoms with Gasteiger partial charge in [0.05, 0.1) is 6.61 Å². The van der Waals surface area contributed by atoms with Crippen molar-refractivity contribution in [1.29, 1.82) is 0 Å². The maximum absolute atomic E-state index is 10.7. The lowest BCUT2D eigenvalue weighted by atomic mass is 10.1. The van der Waals surface area contributed by atoms with Gasteiger partial charge in [0.25, 0.3) is 0 Å². The second kappa shape index (κ2) is 9.57. The van der Waals surface area contributed by atoms with Crippen molar-refractivity contribution >= 4 is 11.7 Å². The van der Waals surface area contributed by atoms with Gasteiger partial charge in [-0.15, -0.1) is 0 Å². The van der Waals surface area contributed by atoms with Crippen molar-refractivity contribution in [1.82, 2.24) is 0 Å². The van der Waals surface area contributed by atoms with Gasteiger partial charge in [-0.25, -0.2) is 0 Å². The molecule has 24 heavy (non-hydrogen) atoms. The Morgan fingerprint density at radius 2 is 1.88 bits per heavy atom. The molecule has 0 atom stereocenters. The van der Waals surface area contributed by atoms with Crippen LogP contribution in [0.3, 0.4) is 0 Å². The Morgan fingerprint density at radius 3 is 2.67 bits per heavy atom. The van der Waals surface area contributed by atoms with Crippen LogP contribution in [-0.4, -0.2) is 31.4 Å². The van der Waals surface area contributed by atoms with E-state index in [4.69, 9.17) is 14.6 Å². The maximum Gasteiger partial charge on any atom is 0.303 e. The fourth-order valence-corrected chi connectivity index (χ4v) is 2.28. The number of benzene rings is 2. The number of carboxylic acid groups (broad SMARTS) is 1. The third-order valence-electron chi connectivity index (χ3n) is 3.51. The molecule has 2 aromatic rings. The molecule has 0 aliphatic rings. The molecule has 0 saturated heterocycles. The second-order valence-corrected chi connectivity index (χ2v) is 5.44. The summed E-state index contributed by atoms with van der Waals surface area (Å²) in [7, 11) is 1.65. The molecule has 0 fully saturated rings. The number of methoxy groups -OCH3 is 1. The molecule has 0 aliphatic heterocycles. The molecule has 2 N–H and O–H groups in total. The molecule has 0 saturated carbocycles. The van der Waals surface area contributed by atoms with Crippen LogP contribution in [0.4, 0.5) is 5.69 Å². The Morgan fingerprint density at radius 1 is 1.08 bits per heavy atom. The summed E-state index contributed by atoms with van der Waals surface area (Å²) in [6.45, 7) is 1.76. The number of rotatable bonds is 10. The van der Waals surface area contributed by atoms with Crippen LogP contribution < -0.4 is 10.1 Å². The summed E-state index contributed by atoms with van der Waals surface area (Å²) in [5, 5.41) is 12.1. The molecule has 5 heteroatoms. The van der Waals surface area contributed by atoms with Crippen molar-refractivity contribution < 1.29 is 19.4 Å². The average molecular weight is 329 g/mol. The van der Waals surface area contributed by atoms with Gasteiger partial charge in [-0.1, -0.05) is 24.3 Å². The van der Waals surface area contributed by atoms with Crippen molar-refractivity contribution in [2.45, 2.75) is 19.4 Å². The van der Waals surface area contributed by atoms with Gasteiger partial charge in [0.2, 0.25) is 0 Å². The van der Waals surface area contributed by atoms with Crippen LogP contribution in [0.25, 0.3) is 0 Å². The minimum atomic E-state index is -0.779. The number of ether oxygens (including phenoxy) is 2. The highest BCUT2D eigenvalue weighted by molar-refractivity contribution is 5.67. The number of aliphatic carboxylic acids is 1. The summed E-state index contributed by atoms with van der Waals surface area (Å²) in [4.78, 5) is 10.7. The zero-order valence-corrected chi connectivity index (χ0v) is 13.8. The molecular weight excluding hydrogens is 306 g/mol. The summed E-state index contributed by atoms with van der Waals surface area (Å²) in [6.07, 6.45) is 0.679. The van der Waals surface area contributed by atoms with E-state index in [0.717, 1.165) is 22.6 Å². The molecule has 2 rings (SSSR count). The fourth-order valence-electron chi connectivity index (χ4n) is 2.28. The predicted octanol–water partition coefficient (Wildman–Crippen LogP) is 3.34. The lowest BCUT2D eigenvalue weighted by Crippen LogP contribution is -2.05. The highest BCUT2D eigenvalue weighted by atomic mass is 16.5. The summed E-state index contributed by atoms with van der Waals surface area (Å²) < 4.78 is 10.6. The van der Waals surface area contributed by atoms with Gasteiger partial charge in [-0.2, -0.15) is 0 Å². The van der Waals surface area contributed by atoms with E-state index in [9.17, 15) is 4.79 Å². The highest BCUT2D eigenvalue weighted by Crippen LogP contribution is 2.17. The van der Waals surface area contributed by atoms with E-state index in [1.54, 1.807) is 7.11 Å². The summed E-state index contributed by atoms with van der Waals surface area (Å²) in [6, 6.07) is 15.8. The van der Waals surface area contributed by atoms with Crippen LogP contribution in [0.2, 0.25) is 0 Å². The fraction of sp³-hybridized carbons (Fsp3) is 0.316. The van der Waals surface area contributed by atoms with Gasteiger partial charge in [-0.05, 0) is 41.8 Å². The lowest BCUT2D eigenvalue weighted by Gasteiger charge is -2.10. The van der Waals surface area contributed by atoms with Crippen molar-refractivity contribution in [3.05, 3.63) is 59.7 Å². The lowest BCUT2D eigenvalue weighted by molar-refractivity contribution is -0.136. The van der Waals surface area contributed by atoms with Gasteiger partial charge in [-0.3, -0.25) is 4.79 Å². The zero-order chi connectivity index (χ0) is 17.2. The van der Waals surface area contributed by atoms with Crippen LogP contribution in [0.1, 0.15) is 17.5 Å². The van der Waals surface area contributed by atoms with Crippen molar-refractivity contribution in [3.8, 4) is 5.75 Å². The SMILES string of the molecule is COCCOc1cccc(CNc2cccc(CCC(=O)O)c2)c1. The van der Waals surface area contributed by atoms with Gasteiger partial charge in [0.1, 0.15) is 12.4 Å². The van der Waals surface area contributed by atoms with E-state index in [1.807, 2.05) is 48.5 Å². The van der Waals surface area contributed by atoms with Crippen molar-refractivity contribution in [2.24, 2.45) is 0 Å². The van der Waals surface area contributed by atoms with Gasteiger partial charge in [0.15, 0.2) is 0 Å². The monoisotopic (exact) mass is 329 g/mol. The Hall–Kier alpha value is -2.53. The van der Waals surface area contributed by atoms with Gasteiger partial charge >= 0.3 is 5.97 Å². The Balaban J connectivity index is 1.89. The number of anilines is 1. The Kier molecular flexibility index (Phi) is 7.11. The van der Waals surface area contributed by atoms with Crippen LogP contribution in [-0.2, 0) is 22.5 Å². The molecule has 0 bridgehead atoms. The molecule has 0 radical (unpaired) electrons. The van der Waals surface area contributed by atoms with E-state index in [0.29, 0.717) is 26.2 Å². The van der Waals surface area contributed by atoms with E-state index in [2.05, 4.69) is 5.32 Å². The van der Waals surface area contributed by atoms with E-state index < -0.39 is 5.97 Å². The van der Waals surface area contributed by atoms with Crippen LogP contribution in [0.15, 0.2) is 48.5 Å². The van der Waals surface area contributed by atoms with Crippen LogP contribution >= 0.6 is 0 Å². The third kappa shape index (κ3) is 6.30. The van der Waals surface area contributed by atoms with E-state index in [1.165, 1.54) is 0 Å². The molecule has 2 aromatic carbocycles. The van der Waals surface area contributed by atoms with Crippen LogP contribution in [0, 0.1) is 0 Å². The zero-order valence-electron chi connectivity index (χ0n) is 13.8. The third-order valence-corrected chi connectivity index (χ3v) is 3.51. The van der Waals surface area contributed by atoms with E-state index in [-0.39, 0.29) is 6.42 Å². The first-order chi connectivity index (χ1) is 11.7. The molecule has 5 nitrogen and oxygen atoms in total. The minimum Gasteiger partial charge on any atom is -0.491 e. The number of hydrogen-bond donors (Lipinski definition) is 2. The number of carboxylic acids is 1. The van der Waals surface area contributed by atoms with Crippen LogP contribution in [0.5, 0.6) is 5.75 Å². The quantitative estimate of drug-likeness (QED) is 0.654. The molecule has 0 unspecified atom stereocenters. The molecule has 0 amide bonds. The number of aryl methyl sites for hydroxylation is 1. The van der Waals surface area contributed by atoms with Gasteiger partial charge < -0.3 is 19.9 Å². The molecule has 0 aliphatic carbocycles. The van der Waals surface area contributed by atoms with Crippen molar-refractivity contribution in [2.75, 3.05) is 25.6 Å². The number of nitrogens with one attached hydrogen (secondary N) is 1. The summed E-state index contributed by atoms with van der Waals surface area (Å²) in [5.41, 5.74) is 3.10. The summed E-state index contributed by atoms with van der Waals surface area (Å²) >= 11 is 0. The molecule has 0 aromatic heterocycles. The normalized spacial score (nSPS) is 10.4. The first kappa shape index (κ1) is 17.8. The minimum absolute atomic E-state index is 0.143. The highest BCUT2D eigenvalue weighted by Gasteiger charge is 2.01. The first-order valence-corrected chi connectivity index (χ1v) is 7.92. The Labute approximate surface area is 142 Å². The number of carbonyl (C=O) groups is 1. The summed E-state index contributed by atoms with van der Waals surface area (Å²) in [5.74, 6) is 0.0419. The standard InChI is InChI=1S/C19H23NO4/c1-23-10-11-24-18-7-3-5-16(13-18)14-20-17-6-2-4-15(12-17)8-9-19(21)22/h2-7,12-13,20H,8-11,14H2,1H3,(H,21,22). The second-order valence-electron chi connectivity index (χ2n) is 5.44. The largest absolute Gasteiger partial charge is 0.491 e. The smallest absolute Gasteiger partial charge is 0.303 e. The van der Waals surface area contributed by atoms with E-state index >= 15 is 0 Å². The number of hydrogen-bond acceptors (Lipinski definition) is 4. The topological polar surface area (TPSA) is 67.8 Å². The maximum atomic E-state index is 10.7. The average Bonchev–Trinajstić information content (AvgIpc) is 2.59. The molecular formula is C19H23NO4. The molecule has 0 spiro atoms.